The van der Waals surface area contributed by atoms with Crippen LogP contribution in [0.1, 0.15) is 36.9 Å². The van der Waals surface area contributed by atoms with Crippen LogP contribution in [0.5, 0.6) is 0 Å². The van der Waals surface area contributed by atoms with Crippen LogP contribution in [0.4, 0.5) is 5.82 Å². The van der Waals surface area contributed by atoms with E-state index < -0.39 is 0 Å². The Kier molecular flexibility index (Phi) is 4.24. The molecule has 0 amide bonds. The smallest absolute Gasteiger partial charge is 0.146 e. The molecule has 3 aromatic rings. The molecule has 2 heterocycles. The molecule has 2 aromatic heterocycles. The molecule has 0 atom stereocenters. The molecule has 1 aliphatic rings. The fourth-order valence-corrected chi connectivity index (χ4v) is 3.94. The monoisotopic (exact) mass is 347 g/mol. The molecule has 1 aliphatic carbocycles. The van der Waals surface area contributed by atoms with E-state index in [-0.39, 0.29) is 0 Å². The van der Waals surface area contributed by atoms with E-state index in [1.54, 1.807) is 6.33 Å². The maximum Gasteiger partial charge on any atom is 0.146 e. The lowest BCUT2D eigenvalue weighted by molar-refractivity contribution is 0.209. The number of fused-ring (bicyclic) bond motifs is 1. The number of benzene rings is 1. The van der Waals surface area contributed by atoms with Crippen LogP contribution < -0.4 is 11.5 Å². The molecule has 1 fully saturated rings. The predicted molar refractivity (Wildman–Crippen MR) is 108 cm³/mol. The van der Waals surface area contributed by atoms with E-state index >= 15 is 0 Å². The van der Waals surface area contributed by atoms with Crippen molar-refractivity contribution in [1.82, 2.24) is 14.5 Å². The van der Waals surface area contributed by atoms with Crippen molar-refractivity contribution in [2.75, 3.05) is 12.3 Å². The van der Waals surface area contributed by atoms with Crippen LogP contribution in [0, 0.1) is 12.8 Å². The van der Waals surface area contributed by atoms with Crippen LogP contribution in [-0.2, 0) is 0 Å². The summed E-state index contributed by atoms with van der Waals surface area (Å²) < 4.78 is 2.27. The van der Waals surface area contributed by atoms with Gasteiger partial charge in [-0.15, -0.1) is 0 Å². The standard InChI is InChI=1S/C21H25N5/c1-3-4-15-5-6-16(7-13(15)2)18-11-26(17-8-14(9-17)10-22)21-19(18)20(23)24-12-25-21/h3-7,11-12,14,17H,8-10,22H2,1-2H3,(H2,23,24,25)/b4-3-. The summed E-state index contributed by atoms with van der Waals surface area (Å²) >= 11 is 0. The number of hydrogen-bond donors (Lipinski definition) is 2. The van der Waals surface area contributed by atoms with Gasteiger partial charge in [-0.1, -0.05) is 30.4 Å². The minimum Gasteiger partial charge on any atom is -0.383 e. The molecule has 0 radical (unpaired) electrons. The van der Waals surface area contributed by atoms with Gasteiger partial charge in [-0.2, -0.15) is 0 Å². The van der Waals surface area contributed by atoms with Gasteiger partial charge in [0.15, 0.2) is 0 Å². The second-order valence-corrected chi connectivity index (χ2v) is 7.21. The molecule has 134 valence electrons. The Morgan fingerprint density at radius 3 is 2.77 bits per heavy atom. The predicted octanol–water partition coefficient (Wildman–Crippen LogP) is 3.93. The van der Waals surface area contributed by atoms with Gasteiger partial charge in [0.2, 0.25) is 0 Å². The third-order valence-corrected chi connectivity index (χ3v) is 5.50. The molecule has 0 saturated heterocycles. The lowest BCUT2D eigenvalue weighted by Gasteiger charge is -2.35. The average molecular weight is 347 g/mol. The molecule has 0 unspecified atom stereocenters. The first-order valence-corrected chi connectivity index (χ1v) is 9.17. The van der Waals surface area contributed by atoms with Gasteiger partial charge in [-0.05, 0) is 55.8 Å². The fraction of sp³-hybridized carbons (Fsp3) is 0.333. The Balaban J connectivity index is 1.84. The number of nitrogens with two attached hydrogens (primary N) is 2. The number of nitrogen functional groups attached to an aromatic ring is 1. The highest BCUT2D eigenvalue weighted by Crippen LogP contribution is 2.42. The topological polar surface area (TPSA) is 82.8 Å². The number of nitrogens with zero attached hydrogens (tertiary/aromatic N) is 3. The van der Waals surface area contributed by atoms with Gasteiger partial charge in [0.05, 0.1) is 5.39 Å². The van der Waals surface area contributed by atoms with E-state index in [9.17, 15) is 0 Å². The summed E-state index contributed by atoms with van der Waals surface area (Å²) in [5, 5.41) is 0.946. The number of anilines is 1. The van der Waals surface area contributed by atoms with Crippen LogP contribution in [0.2, 0.25) is 0 Å². The first-order chi connectivity index (χ1) is 12.6. The van der Waals surface area contributed by atoms with Crippen molar-refractivity contribution in [3.05, 3.63) is 47.9 Å². The first-order valence-electron chi connectivity index (χ1n) is 9.17. The van der Waals surface area contributed by atoms with E-state index in [2.05, 4.69) is 58.0 Å². The zero-order valence-electron chi connectivity index (χ0n) is 15.3. The number of aryl methyl sites for hydroxylation is 1. The summed E-state index contributed by atoms with van der Waals surface area (Å²) in [5.41, 5.74) is 17.7. The molecule has 0 bridgehead atoms. The highest BCUT2D eigenvalue weighted by molar-refractivity contribution is 6.00. The molecule has 4 N–H and O–H groups in total. The van der Waals surface area contributed by atoms with Gasteiger partial charge in [0.1, 0.15) is 17.8 Å². The SMILES string of the molecule is C/C=C\c1ccc(-c2cn(C3CC(CN)C3)c3ncnc(N)c23)cc1C. The normalized spacial score (nSPS) is 20.0. The van der Waals surface area contributed by atoms with Crippen molar-refractivity contribution < 1.29 is 0 Å². The lowest BCUT2D eigenvalue weighted by atomic mass is 9.80. The van der Waals surface area contributed by atoms with E-state index in [0.717, 1.165) is 41.5 Å². The largest absolute Gasteiger partial charge is 0.383 e. The molecule has 1 aromatic carbocycles. The average Bonchev–Trinajstić information content (AvgIpc) is 2.97. The second-order valence-electron chi connectivity index (χ2n) is 7.21. The molecule has 5 heteroatoms. The van der Waals surface area contributed by atoms with Crippen LogP contribution in [0.3, 0.4) is 0 Å². The molecule has 26 heavy (non-hydrogen) atoms. The third-order valence-electron chi connectivity index (χ3n) is 5.50. The summed E-state index contributed by atoms with van der Waals surface area (Å²) in [4.78, 5) is 8.77. The van der Waals surface area contributed by atoms with Gasteiger partial charge in [0.25, 0.3) is 0 Å². The van der Waals surface area contributed by atoms with Gasteiger partial charge in [-0.25, -0.2) is 9.97 Å². The maximum atomic E-state index is 6.24. The van der Waals surface area contributed by atoms with Crippen molar-refractivity contribution in [2.45, 2.75) is 32.7 Å². The van der Waals surface area contributed by atoms with E-state index in [1.165, 1.54) is 11.1 Å². The van der Waals surface area contributed by atoms with Gasteiger partial charge in [-0.3, -0.25) is 0 Å². The zero-order valence-corrected chi connectivity index (χ0v) is 15.3. The quantitative estimate of drug-likeness (QED) is 0.749. The summed E-state index contributed by atoms with van der Waals surface area (Å²) in [5.74, 6) is 1.15. The summed E-state index contributed by atoms with van der Waals surface area (Å²) in [6, 6.07) is 6.96. The Labute approximate surface area is 153 Å². The molecular formula is C21H25N5. The second kappa shape index (κ2) is 6.57. The summed E-state index contributed by atoms with van der Waals surface area (Å²) in [7, 11) is 0. The van der Waals surface area contributed by atoms with Crippen molar-refractivity contribution in [3.63, 3.8) is 0 Å². The van der Waals surface area contributed by atoms with Crippen molar-refractivity contribution in [1.29, 1.82) is 0 Å². The number of allylic oxidation sites excluding steroid dienone is 1. The molecular weight excluding hydrogens is 322 g/mol. The van der Waals surface area contributed by atoms with Gasteiger partial charge >= 0.3 is 0 Å². The van der Waals surface area contributed by atoms with E-state index in [1.807, 2.05) is 6.92 Å². The third kappa shape index (κ3) is 2.69. The Bertz CT molecular complexity index is 979. The van der Waals surface area contributed by atoms with Gasteiger partial charge < -0.3 is 16.0 Å². The first kappa shape index (κ1) is 16.8. The molecule has 4 rings (SSSR count). The van der Waals surface area contributed by atoms with Crippen molar-refractivity contribution >= 4 is 22.9 Å². The maximum absolute atomic E-state index is 6.24. The minimum absolute atomic E-state index is 0.442. The van der Waals surface area contributed by atoms with Crippen molar-refractivity contribution in [3.8, 4) is 11.1 Å². The van der Waals surface area contributed by atoms with Crippen LogP contribution in [-0.4, -0.2) is 21.1 Å². The Morgan fingerprint density at radius 1 is 1.27 bits per heavy atom. The zero-order chi connectivity index (χ0) is 18.3. The highest BCUT2D eigenvalue weighted by Gasteiger charge is 2.31. The Hall–Kier alpha value is -2.66. The lowest BCUT2D eigenvalue weighted by Crippen LogP contribution is -2.31. The van der Waals surface area contributed by atoms with E-state index in [4.69, 9.17) is 11.5 Å². The molecule has 5 nitrogen and oxygen atoms in total. The molecule has 1 saturated carbocycles. The van der Waals surface area contributed by atoms with Crippen LogP contribution in [0.15, 0.2) is 36.8 Å². The van der Waals surface area contributed by atoms with Crippen molar-refractivity contribution in [2.24, 2.45) is 11.7 Å². The minimum atomic E-state index is 0.442. The highest BCUT2D eigenvalue weighted by atomic mass is 15.1. The Morgan fingerprint density at radius 2 is 2.08 bits per heavy atom. The number of aromatic nitrogens is 3. The van der Waals surface area contributed by atoms with Gasteiger partial charge in [0, 0.05) is 17.8 Å². The number of rotatable bonds is 4. The summed E-state index contributed by atoms with van der Waals surface area (Å²) in [6.45, 7) is 4.92. The van der Waals surface area contributed by atoms with E-state index in [0.29, 0.717) is 17.8 Å². The number of hydrogen-bond acceptors (Lipinski definition) is 4. The molecule has 0 aliphatic heterocycles. The molecule has 0 spiro atoms. The van der Waals surface area contributed by atoms with Crippen LogP contribution >= 0.6 is 0 Å². The summed E-state index contributed by atoms with van der Waals surface area (Å²) in [6.07, 6.45) is 10.1. The fourth-order valence-electron chi connectivity index (χ4n) is 3.94. The van der Waals surface area contributed by atoms with Crippen LogP contribution in [0.25, 0.3) is 28.2 Å².